The third-order valence-corrected chi connectivity index (χ3v) is 3.93. The largest absolute Gasteiger partial charge is 0.368 e. The molecule has 1 aromatic carbocycles. The highest BCUT2D eigenvalue weighted by Gasteiger charge is 2.36. The van der Waals surface area contributed by atoms with Crippen LogP contribution in [0.4, 0.5) is 5.69 Å². The first-order valence-electron chi connectivity index (χ1n) is 6.59. The van der Waals surface area contributed by atoms with Gasteiger partial charge in [-0.25, -0.2) is 0 Å². The predicted molar refractivity (Wildman–Crippen MR) is 72.4 cm³/mol. The molecule has 0 radical (unpaired) electrons. The fourth-order valence-electron chi connectivity index (χ4n) is 3.08. The Bertz CT molecular complexity index is 495. The number of benzene rings is 1. The van der Waals surface area contributed by atoms with Crippen LogP contribution < -0.4 is 10.6 Å². The molecule has 3 rings (SSSR count). The second-order valence-electron chi connectivity index (χ2n) is 5.08. The molecule has 0 aromatic heterocycles. The number of para-hydroxylation sites is 1. The van der Waals surface area contributed by atoms with E-state index in [0.717, 1.165) is 19.3 Å². The van der Waals surface area contributed by atoms with Crippen molar-refractivity contribution in [2.45, 2.75) is 37.8 Å². The van der Waals surface area contributed by atoms with Gasteiger partial charge in [0.1, 0.15) is 6.04 Å². The second-order valence-corrected chi connectivity index (χ2v) is 5.08. The fraction of sp³-hybridized carbons (Fsp3) is 0.400. The maximum Gasteiger partial charge on any atom is 0.240 e. The van der Waals surface area contributed by atoms with Crippen molar-refractivity contribution in [3.05, 3.63) is 42.0 Å². The lowest BCUT2D eigenvalue weighted by Crippen LogP contribution is -2.47. The summed E-state index contributed by atoms with van der Waals surface area (Å²) in [5.74, 6) is -0.217. The number of primary amides is 1. The molecule has 94 valence electrons. The highest BCUT2D eigenvalue weighted by Crippen LogP contribution is 2.35. The maximum atomic E-state index is 11.7. The van der Waals surface area contributed by atoms with Gasteiger partial charge in [-0.15, -0.1) is 0 Å². The summed E-state index contributed by atoms with van der Waals surface area (Å²) in [5.41, 5.74) is 7.98. The molecular formula is C15H18N2O. The summed E-state index contributed by atoms with van der Waals surface area (Å²) < 4.78 is 0. The van der Waals surface area contributed by atoms with E-state index in [-0.39, 0.29) is 11.9 Å². The van der Waals surface area contributed by atoms with Crippen LogP contribution in [0.2, 0.25) is 0 Å². The fourth-order valence-corrected chi connectivity index (χ4v) is 3.08. The van der Waals surface area contributed by atoms with Gasteiger partial charge in [0.2, 0.25) is 5.91 Å². The summed E-state index contributed by atoms with van der Waals surface area (Å²) in [5, 5.41) is 0. The van der Waals surface area contributed by atoms with Gasteiger partial charge >= 0.3 is 0 Å². The lowest BCUT2D eigenvalue weighted by molar-refractivity contribution is -0.119. The lowest BCUT2D eigenvalue weighted by atomic mass is 10.00. The van der Waals surface area contributed by atoms with E-state index >= 15 is 0 Å². The summed E-state index contributed by atoms with van der Waals surface area (Å²) in [6, 6.07) is 8.38. The van der Waals surface area contributed by atoms with E-state index in [2.05, 4.69) is 29.2 Å². The van der Waals surface area contributed by atoms with Crippen molar-refractivity contribution >= 4 is 11.6 Å². The van der Waals surface area contributed by atoms with Gasteiger partial charge in [-0.05, 0) is 30.9 Å². The van der Waals surface area contributed by atoms with Crippen molar-refractivity contribution in [1.82, 2.24) is 0 Å². The average Bonchev–Trinajstić information content (AvgIpc) is 2.79. The Balaban J connectivity index is 1.99. The number of anilines is 1. The zero-order valence-electron chi connectivity index (χ0n) is 10.4. The molecular weight excluding hydrogens is 224 g/mol. The van der Waals surface area contributed by atoms with Crippen molar-refractivity contribution in [2.24, 2.45) is 5.73 Å². The van der Waals surface area contributed by atoms with Crippen LogP contribution in [0.15, 0.2) is 36.4 Å². The van der Waals surface area contributed by atoms with Gasteiger partial charge in [-0.1, -0.05) is 30.4 Å². The molecule has 2 atom stereocenters. The van der Waals surface area contributed by atoms with Crippen LogP contribution in [0.5, 0.6) is 0 Å². The van der Waals surface area contributed by atoms with E-state index in [1.54, 1.807) is 0 Å². The van der Waals surface area contributed by atoms with Gasteiger partial charge in [0.25, 0.3) is 0 Å². The summed E-state index contributed by atoms with van der Waals surface area (Å²) >= 11 is 0. The Kier molecular flexibility index (Phi) is 2.82. The van der Waals surface area contributed by atoms with Crippen LogP contribution in [0, 0.1) is 0 Å². The minimum atomic E-state index is -0.217. The summed E-state index contributed by atoms with van der Waals surface area (Å²) in [6.07, 6.45) is 8.62. The van der Waals surface area contributed by atoms with Gasteiger partial charge in [0.15, 0.2) is 0 Å². The molecule has 1 aliphatic heterocycles. The molecule has 18 heavy (non-hydrogen) atoms. The van der Waals surface area contributed by atoms with Gasteiger partial charge in [-0.2, -0.15) is 0 Å². The second kappa shape index (κ2) is 4.48. The third-order valence-electron chi connectivity index (χ3n) is 3.93. The van der Waals surface area contributed by atoms with E-state index < -0.39 is 0 Å². The van der Waals surface area contributed by atoms with Crippen molar-refractivity contribution in [2.75, 3.05) is 4.90 Å². The molecule has 1 aromatic rings. The number of rotatable bonds is 2. The lowest BCUT2D eigenvalue weighted by Gasteiger charge is -2.34. The first kappa shape index (κ1) is 11.3. The number of allylic oxidation sites excluding steroid dienone is 1. The Labute approximate surface area is 107 Å². The standard InChI is InChI=1S/C15H18N2O/c16-15(18)14-10-11-6-4-5-9-13(11)17(14)12-7-2-1-3-8-12/h2,4-7,9,12,14H,1,3,8,10H2,(H2,16,18)/t12-,14-/m0/s1. The smallest absolute Gasteiger partial charge is 0.240 e. The molecule has 0 spiro atoms. The number of hydrogen-bond donors (Lipinski definition) is 1. The van der Waals surface area contributed by atoms with Crippen molar-refractivity contribution < 1.29 is 4.79 Å². The van der Waals surface area contributed by atoms with Crippen LogP contribution in [0.25, 0.3) is 0 Å². The first-order chi connectivity index (χ1) is 8.77. The molecule has 0 fully saturated rings. The molecule has 3 nitrogen and oxygen atoms in total. The van der Waals surface area contributed by atoms with E-state index in [0.29, 0.717) is 6.04 Å². The minimum Gasteiger partial charge on any atom is -0.368 e. The Hall–Kier alpha value is -1.77. The van der Waals surface area contributed by atoms with Gasteiger partial charge in [0.05, 0.1) is 0 Å². The third kappa shape index (κ3) is 1.80. The molecule has 0 saturated carbocycles. The molecule has 2 N–H and O–H groups in total. The first-order valence-corrected chi connectivity index (χ1v) is 6.59. The molecule has 1 amide bonds. The quantitative estimate of drug-likeness (QED) is 0.806. The molecule has 0 saturated heterocycles. The van der Waals surface area contributed by atoms with Crippen molar-refractivity contribution in [1.29, 1.82) is 0 Å². The van der Waals surface area contributed by atoms with Crippen LogP contribution in [0.3, 0.4) is 0 Å². The Morgan fingerprint density at radius 3 is 2.89 bits per heavy atom. The minimum absolute atomic E-state index is 0.185. The zero-order chi connectivity index (χ0) is 12.5. The Morgan fingerprint density at radius 1 is 1.33 bits per heavy atom. The van der Waals surface area contributed by atoms with Crippen molar-refractivity contribution in [3.8, 4) is 0 Å². The van der Waals surface area contributed by atoms with Gasteiger partial charge < -0.3 is 10.6 Å². The summed E-state index contributed by atoms with van der Waals surface area (Å²) in [6.45, 7) is 0. The van der Waals surface area contributed by atoms with E-state index in [4.69, 9.17) is 5.73 Å². The molecule has 3 heteroatoms. The number of nitrogens with two attached hydrogens (primary N) is 1. The maximum absolute atomic E-state index is 11.7. The van der Waals surface area contributed by atoms with Gasteiger partial charge in [-0.3, -0.25) is 4.79 Å². The number of carbonyl (C=O) groups is 1. The SMILES string of the molecule is NC(=O)[C@@H]1Cc2ccccc2N1[C@H]1C=CCCC1. The van der Waals surface area contributed by atoms with Crippen molar-refractivity contribution in [3.63, 3.8) is 0 Å². The van der Waals surface area contributed by atoms with Crippen LogP contribution in [-0.4, -0.2) is 18.0 Å². The molecule has 2 aliphatic rings. The topological polar surface area (TPSA) is 46.3 Å². The van der Waals surface area contributed by atoms with Crippen LogP contribution in [-0.2, 0) is 11.2 Å². The van der Waals surface area contributed by atoms with E-state index in [1.807, 2.05) is 12.1 Å². The normalized spacial score (nSPS) is 26.1. The molecule has 0 bridgehead atoms. The molecule has 1 aliphatic carbocycles. The summed E-state index contributed by atoms with van der Waals surface area (Å²) in [4.78, 5) is 13.9. The highest BCUT2D eigenvalue weighted by atomic mass is 16.1. The van der Waals surface area contributed by atoms with Crippen LogP contribution in [0.1, 0.15) is 24.8 Å². The van der Waals surface area contributed by atoms with Crippen LogP contribution >= 0.6 is 0 Å². The predicted octanol–water partition coefficient (Wildman–Crippen LogP) is 2.01. The number of amides is 1. The monoisotopic (exact) mass is 242 g/mol. The summed E-state index contributed by atoms with van der Waals surface area (Å²) in [7, 11) is 0. The number of carbonyl (C=O) groups excluding carboxylic acids is 1. The molecule has 1 heterocycles. The zero-order valence-corrected chi connectivity index (χ0v) is 10.4. The average molecular weight is 242 g/mol. The Morgan fingerprint density at radius 2 is 2.17 bits per heavy atom. The number of hydrogen-bond acceptors (Lipinski definition) is 2. The molecule has 0 unspecified atom stereocenters. The van der Waals surface area contributed by atoms with E-state index in [1.165, 1.54) is 17.7 Å². The highest BCUT2D eigenvalue weighted by molar-refractivity contribution is 5.87. The van der Waals surface area contributed by atoms with Gasteiger partial charge in [0, 0.05) is 18.2 Å². The van der Waals surface area contributed by atoms with E-state index in [9.17, 15) is 4.79 Å². The number of nitrogens with zero attached hydrogens (tertiary/aromatic N) is 1. The number of fused-ring (bicyclic) bond motifs is 1.